The van der Waals surface area contributed by atoms with E-state index in [0.29, 0.717) is 16.5 Å². The Bertz CT molecular complexity index is 1600. The lowest BCUT2D eigenvalue weighted by Crippen LogP contribution is -2.22. The third-order valence-corrected chi connectivity index (χ3v) is 5.83. The number of rotatable bonds is 3. The van der Waals surface area contributed by atoms with Crippen molar-refractivity contribution < 1.29 is 8.78 Å². The summed E-state index contributed by atoms with van der Waals surface area (Å²) in [4.78, 5) is 13.5. The van der Waals surface area contributed by atoms with Crippen LogP contribution in [0.2, 0.25) is 0 Å². The molecule has 0 spiro atoms. The Labute approximate surface area is 188 Å². The Balaban J connectivity index is 1.81. The second-order valence-electron chi connectivity index (χ2n) is 8.12. The molecule has 0 aliphatic heterocycles. The molecule has 0 fully saturated rings. The van der Waals surface area contributed by atoms with Crippen LogP contribution in [-0.4, -0.2) is 19.6 Å². The van der Waals surface area contributed by atoms with E-state index in [-0.39, 0.29) is 16.8 Å². The molecule has 5 rings (SSSR count). The highest BCUT2D eigenvalue weighted by Gasteiger charge is 2.18. The number of hydrogen-bond donors (Lipinski definition) is 0. The highest BCUT2D eigenvalue weighted by atomic mass is 19.1. The van der Waals surface area contributed by atoms with Crippen molar-refractivity contribution in [1.82, 2.24) is 19.6 Å². The molecule has 5 aromatic rings. The standard InChI is InChI=1S/C26H20F2N4O/c1-15-9-22-23(10-16(15)2)26(33)32(30-25(22)21-8-7-19(27)12-24(21)28)20-6-4-5-17(11-20)18-13-29-31(3)14-18/h4-14H,1-3H3. The lowest BCUT2D eigenvalue weighted by molar-refractivity contribution is 0.585. The third-order valence-electron chi connectivity index (χ3n) is 5.83. The van der Waals surface area contributed by atoms with Crippen LogP contribution in [0.25, 0.3) is 38.8 Å². The second-order valence-corrected chi connectivity index (χ2v) is 8.12. The maximum absolute atomic E-state index is 14.8. The Kier molecular flexibility index (Phi) is 4.89. The zero-order chi connectivity index (χ0) is 23.3. The summed E-state index contributed by atoms with van der Waals surface area (Å²) in [6, 6.07) is 14.3. The SMILES string of the molecule is Cc1cc2c(-c3ccc(F)cc3F)nn(-c3cccc(-c4cnn(C)c4)c3)c(=O)c2cc1C. The van der Waals surface area contributed by atoms with Crippen LogP contribution in [0.1, 0.15) is 11.1 Å². The van der Waals surface area contributed by atoms with Crippen LogP contribution in [0, 0.1) is 25.5 Å². The number of halogens is 2. The van der Waals surface area contributed by atoms with Crippen molar-refractivity contribution in [3.63, 3.8) is 0 Å². The summed E-state index contributed by atoms with van der Waals surface area (Å²) in [5.41, 5.74) is 4.26. The zero-order valence-corrected chi connectivity index (χ0v) is 18.3. The molecule has 0 saturated heterocycles. The fourth-order valence-electron chi connectivity index (χ4n) is 3.95. The molecule has 3 aromatic carbocycles. The lowest BCUT2D eigenvalue weighted by atomic mass is 9.99. The van der Waals surface area contributed by atoms with E-state index >= 15 is 0 Å². The van der Waals surface area contributed by atoms with E-state index in [2.05, 4.69) is 10.2 Å². The molecule has 0 aliphatic carbocycles. The van der Waals surface area contributed by atoms with E-state index in [1.807, 2.05) is 51.4 Å². The smallest absolute Gasteiger partial charge is 0.275 e. The third kappa shape index (κ3) is 3.61. The molecule has 0 N–H and O–H groups in total. The summed E-state index contributed by atoms with van der Waals surface area (Å²) in [7, 11) is 1.83. The first-order chi connectivity index (χ1) is 15.8. The van der Waals surface area contributed by atoms with Gasteiger partial charge in [-0.3, -0.25) is 9.48 Å². The van der Waals surface area contributed by atoms with Gasteiger partial charge in [-0.25, -0.2) is 8.78 Å². The van der Waals surface area contributed by atoms with Gasteiger partial charge in [0.15, 0.2) is 0 Å². The minimum atomic E-state index is -0.740. The van der Waals surface area contributed by atoms with Crippen molar-refractivity contribution in [2.24, 2.45) is 7.05 Å². The zero-order valence-electron chi connectivity index (χ0n) is 18.3. The van der Waals surface area contributed by atoms with Gasteiger partial charge in [-0.1, -0.05) is 12.1 Å². The average Bonchev–Trinajstić information content (AvgIpc) is 3.22. The monoisotopic (exact) mass is 442 g/mol. The molecule has 164 valence electrons. The van der Waals surface area contributed by atoms with Crippen LogP contribution >= 0.6 is 0 Å². The van der Waals surface area contributed by atoms with Gasteiger partial charge in [-0.15, -0.1) is 0 Å². The van der Waals surface area contributed by atoms with Gasteiger partial charge in [0.1, 0.15) is 17.3 Å². The van der Waals surface area contributed by atoms with Gasteiger partial charge in [0.05, 0.1) is 17.3 Å². The maximum Gasteiger partial charge on any atom is 0.279 e. The summed E-state index contributed by atoms with van der Waals surface area (Å²) in [6.45, 7) is 3.84. The summed E-state index contributed by atoms with van der Waals surface area (Å²) in [6.07, 6.45) is 3.61. The fraction of sp³-hybridized carbons (Fsp3) is 0.115. The number of nitrogens with zero attached hydrogens (tertiary/aromatic N) is 4. The fourth-order valence-corrected chi connectivity index (χ4v) is 3.95. The molecule has 0 amide bonds. The van der Waals surface area contributed by atoms with Crippen LogP contribution in [0.4, 0.5) is 8.78 Å². The van der Waals surface area contributed by atoms with E-state index in [9.17, 15) is 13.6 Å². The maximum atomic E-state index is 14.8. The van der Waals surface area contributed by atoms with E-state index in [0.717, 1.165) is 28.3 Å². The topological polar surface area (TPSA) is 52.7 Å². The van der Waals surface area contributed by atoms with Crippen LogP contribution < -0.4 is 5.56 Å². The number of aromatic nitrogens is 4. The summed E-state index contributed by atoms with van der Waals surface area (Å²) in [5, 5.41) is 9.70. The predicted octanol–water partition coefficient (Wildman–Crippen LogP) is 5.35. The van der Waals surface area contributed by atoms with Crippen LogP contribution in [0.15, 0.2) is 71.8 Å². The summed E-state index contributed by atoms with van der Waals surface area (Å²) >= 11 is 0. The molecule has 33 heavy (non-hydrogen) atoms. The number of benzene rings is 3. The Morgan fingerprint density at radius 3 is 2.33 bits per heavy atom. The van der Waals surface area contributed by atoms with Gasteiger partial charge in [0.2, 0.25) is 0 Å². The summed E-state index contributed by atoms with van der Waals surface area (Å²) < 4.78 is 31.3. The van der Waals surface area contributed by atoms with Gasteiger partial charge in [-0.05, 0) is 66.9 Å². The van der Waals surface area contributed by atoms with Crippen molar-refractivity contribution in [3.05, 3.63) is 100 Å². The predicted molar refractivity (Wildman–Crippen MR) is 124 cm³/mol. The van der Waals surface area contributed by atoms with E-state index in [1.165, 1.54) is 16.8 Å². The van der Waals surface area contributed by atoms with Gasteiger partial charge < -0.3 is 0 Å². The minimum absolute atomic E-state index is 0.127. The van der Waals surface area contributed by atoms with E-state index in [4.69, 9.17) is 0 Å². The average molecular weight is 442 g/mol. The first-order valence-corrected chi connectivity index (χ1v) is 10.4. The van der Waals surface area contributed by atoms with Gasteiger partial charge in [-0.2, -0.15) is 14.9 Å². The molecule has 5 nitrogen and oxygen atoms in total. The molecule has 0 unspecified atom stereocenters. The molecular formula is C26H20F2N4O. The van der Waals surface area contributed by atoms with Crippen LogP contribution in [0.5, 0.6) is 0 Å². The van der Waals surface area contributed by atoms with Crippen molar-refractivity contribution in [3.8, 4) is 28.1 Å². The normalized spacial score (nSPS) is 11.3. The molecule has 2 aromatic heterocycles. The highest BCUT2D eigenvalue weighted by molar-refractivity contribution is 5.95. The van der Waals surface area contributed by atoms with Crippen molar-refractivity contribution in [2.75, 3.05) is 0 Å². The van der Waals surface area contributed by atoms with Crippen molar-refractivity contribution in [2.45, 2.75) is 13.8 Å². The lowest BCUT2D eigenvalue weighted by Gasteiger charge is -2.14. The quantitative estimate of drug-likeness (QED) is 0.379. The molecule has 0 aliphatic rings. The van der Waals surface area contributed by atoms with Crippen LogP contribution in [-0.2, 0) is 7.05 Å². The van der Waals surface area contributed by atoms with Gasteiger partial charge >= 0.3 is 0 Å². The number of fused-ring (bicyclic) bond motifs is 1. The largest absolute Gasteiger partial charge is 0.279 e. The Morgan fingerprint density at radius 2 is 1.64 bits per heavy atom. The first-order valence-electron chi connectivity index (χ1n) is 10.4. The second kappa shape index (κ2) is 7.78. The molecule has 0 atom stereocenters. The number of aryl methyl sites for hydroxylation is 3. The van der Waals surface area contributed by atoms with Crippen molar-refractivity contribution in [1.29, 1.82) is 0 Å². The molecule has 0 radical (unpaired) electrons. The molecular weight excluding hydrogens is 422 g/mol. The van der Waals surface area contributed by atoms with E-state index in [1.54, 1.807) is 23.0 Å². The van der Waals surface area contributed by atoms with Crippen LogP contribution in [0.3, 0.4) is 0 Å². The van der Waals surface area contributed by atoms with Crippen molar-refractivity contribution >= 4 is 10.8 Å². The Hall–Kier alpha value is -4.13. The van der Waals surface area contributed by atoms with E-state index < -0.39 is 11.6 Å². The van der Waals surface area contributed by atoms with Gasteiger partial charge in [0, 0.05) is 35.8 Å². The summed E-state index contributed by atoms with van der Waals surface area (Å²) in [5.74, 6) is -1.42. The van der Waals surface area contributed by atoms with Gasteiger partial charge in [0.25, 0.3) is 5.56 Å². The molecule has 0 bridgehead atoms. The first kappa shape index (κ1) is 20.8. The Morgan fingerprint density at radius 1 is 0.879 bits per heavy atom. The highest BCUT2D eigenvalue weighted by Crippen LogP contribution is 2.30. The molecule has 0 saturated carbocycles. The molecule has 7 heteroatoms. The number of hydrogen-bond acceptors (Lipinski definition) is 3. The molecule has 2 heterocycles. The minimum Gasteiger partial charge on any atom is -0.275 e.